The van der Waals surface area contributed by atoms with E-state index >= 15 is 0 Å². The van der Waals surface area contributed by atoms with Crippen molar-refractivity contribution in [3.63, 3.8) is 0 Å². The third-order valence-electron chi connectivity index (χ3n) is 3.37. The van der Waals surface area contributed by atoms with Crippen LogP contribution in [0.2, 0.25) is 5.02 Å². The largest absolute Gasteiger partial charge is 0.495 e. The van der Waals surface area contributed by atoms with Crippen LogP contribution >= 0.6 is 11.6 Å². The highest BCUT2D eigenvalue weighted by molar-refractivity contribution is 6.31. The zero-order valence-electron chi connectivity index (χ0n) is 12.0. The topological polar surface area (TPSA) is 66.0 Å². The van der Waals surface area contributed by atoms with Crippen LogP contribution in [0, 0.1) is 13.8 Å². The van der Waals surface area contributed by atoms with E-state index in [0.717, 1.165) is 22.5 Å². The molecule has 0 amide bonds. The van der Waals surface area contributed by atoms with Crippen LogP contribution in [-0.2, 0) is 0 Å². The summed E-state index contributed by atoms with van der Waals surface area (Å²) in [6.45, 7) is 3.86. The van der Waals surface area contributed by atoms with Gasteiger partial charge in [-0.1, -0.05) is 11.6 Å². The van der Waals surface area contributed by atoms with E-state index in [-0.39, 0.29) is 0 Å². The average Bonchev–Trinajstić information content (AvgIpc) is 2.76. The first kappa shape index (κ1) is 13.7. The van der Waals surface area contributed by atoms with Gasteiger partial charge >= 0.3 is 0 Å². The molecule has 0 aliphatic carbocycles. The first-order valence-corrected chi connectivity index (χ1v) is 6.85. The molecule has 0 atom stereocenters. The van der Waals surface area contributed by atoms with Crippen LogP contribution in [-0.4, -0.2) is 21.6 Å². The molecule has 0 saturated carbocycles. The highest BCUT2D eigenvalue weighted by Crippen LogP contribution is 2.33. The number of aromatic nitrogens is 3. The van der Waals surface area contributed by atoms with Crippen molar-refractivity contribution in [2.75, 3.05) is 12.8 Å². The lowest BCUT2D eigenvalue weighted by atomic mass is 10.2. The molecule has 0 aliphatic rings. The first-order chi connectivity index (χ1) is 10.0. The van der Waals surface area contributed by atoms with Gasteiger partial charge in [-0.25, -0.2) is 9.97 Å². The van der Waals surface area contributed by atoms with Crippen molar-refractivity contribution in [3.8, 4) is 11.4 Å². The number of rotatable bonds is 2. The van der Waals surface area contributed by atoms with Gasteiger partial charge in [0.05, 0.1) is 12.8 Å². The lowest BCUT2D eigenvalue weighted by molar-refractivity contribution is 0.413. The number of hydrogen-bond acceptors (Lipinski definition) is 4. The predicted octanol–water partition coefficient (Wildman–Crippen LogP) is 3.28. The molecule has 0 unspecified atom stereocenters. The molecule has 0 aliphatic heterocycles. The third kappa shape index (κ3) is 2.19. The van der Waals surface area contributed by atoms with Gasteiger partial charge in [0, 0.05) is 16.8 Å². The van der Waals surface area contributed by atoms with E-state index in [1.54, 1.807) is 17.7 Å². The van der Waals surface area contributed by atoms with Crippen molar-refractivity contribution in [1.82, 2.24) is 14.5 Å². The van der Waals surface area contributed by atoms with Crippen LogP contribution in [0.5, 0.6) is 5.75 Å². The average molecular weight is 303 g/mol. The lowest BCUT2D eigenvalue weighted by Crippen LogP contribution is -2.04. The van der Waals surface area contributed by atoms with Crippen molar-refractivity contribution in [3.05, 3.63) is 40.5 Å². The monoisotopic (exact) mass is 302 g/mol. The number of pyridine rings is 1. The Bertz CT molecular complexity index is 841. The van der Waals surface area contributed by atoms with E-state index in [0.29, 0.717) is 22.4 Å². The number of anilines is 1. The molecule has 108 valence electrons. The number of nitrogens with zero attached hydrogens (tertiary/aromatic N) is 3. The summed E-state index contributed by atoms with van der Waals surface area (Å²) in [7, 11) is 1.60. The zero-order valence-corrected chi connectivity index (χ0v) is 12.8. The van der Waals surface area contributed by atoms with Gasteiger partial charge in [0.25, 0.3) is 0 Å². The Morgan fingerprint density at radius 1 is 1.19 bits per heavy atom. The number of halogens is 1. The van der Waals surface area contributed by atoms with Crippen molar-refractivity contribution in [2.45, 2.75) is 13.8 Å². The van der Waals surface area contributed by atoms with Crippen molar-refractivity contribution >= 4 is 28.7 Å². The Labute approximate surface area is 127 Å². The molecular formula is C15H15ClN4O. The number of nitrogen functional groups attached to an aromatic ring is 1. The zero-order chi connectivity index (χ0) is 15.1. The molecule has 2 N–H and O–H groups in total. The minimum Gasteiger partial charge on any atom is -0.495 e. The van der Waals surface area contributed by atoms with Gasteiger partial charge in [-0.15, -0.1) is 0 Å². The fourth-order valence-corrected chi connectivity index (χ4v) is 2.45. The number of ether oxygens (including phenoxy) is 1. The van der Waals surface area contributed by atoms with Gasteiger partial charge in [0.1, 0.15) is 11.3 Å². The normalized spacial score (nSPS) is 11.0. The van der Waals surface area contributed by atoms with Gasteiger partial charge < -0.3 is 10.5 Å². The number of nitrogens with two attached hydrogens (primary N) is 1. The van der Waals surface area contributed by atoms with Gasteiger partial charge in [-0.3, -0.25) is 4.57 Å². The number of hydrogen-bond donors (Lipinski definition) is 1. The molecule has 0 fully saturated rings. The summed E-state index contributed by atoms with van der Waals surface area (Å²) < 4.78 is 7.20. The second-order valence-electron chi connectivity index (χ2n) is 4.87. The molecule has 2 heterocycles. The Morgan fingerprint density at radius 2 is 1.95 bits per heavy atom. The summed E-state index contributed by atoms with van der Waals surface area (Å²) in [5.74, 6) is 0.989. The summed E-state index contributed by atoms with van der Waals surface area (Å²) in [5, 5.41) is 0.641. The minimum atomic E-state index is 0.364. The molecule has 2 aromatic heterocycles. The fraction of sp³-hybridized carbons (Fsp3) is 0.200. The van der Waals surface area contributed by atoms with Crippen molar-refractivity contribution in [2.24, 2.45) is 0 Å². The highest BCUT2D eigenvalue weighted by atomic mass is 35.5. The molecule has 6 heteroatoms. The van der Waals surface area contributed by atoms with Crippen molar-refractivity contribution in [1.29, 1.82) is 0 Å². The quantitative estimate of drug-likeness (QED) is 0.789. The molecule has 3 aromatic rings. The van der Waals surface area contributed by atoms with E-state index in [1.165, 1.54) is 0 Å². The SMILES string of the molecule is COc1cc(Cl)c(C)cc1-n1c(N)nc2ccc(C)nc21. The number of benzene rings is 1. The van der Waals surface area contributed by atoms with Crippen LogP contribution in [0.25, 0.3) is 16.9 Å². The maximum absolute atomic E-state index is 6.16. The Balaban J connectivity index is 2.37. The molecule has 0 radical (unpaired) electrons. The number of imidazole rings is 1. The first-order valence-electron chi connectivity index (χ1n) is 6.47. The molecule has 0 bridgehead atoms. The van der Waals surface area contributed by atoms with Gasteiger partial charge in [0.2, 0.25) is 5.95 Å². The van der Waals surface area contributed by atoms with Crippen LogP contribution in [0.1, 0.15) is 11.3 Å². The second-order valence-corrected chi connectivity index (χ2v) is 5.28. The molecule has 5 nitrogen and oxygen atoms in total. The Kier molecular flexibility index (Phi) is 3.22. The van der Waals surface area contributed by atoms with Gasteiger partial charge in [-0.2, -0.15) is 0 Å². The molecule has 21 heavy (non-hydrogen) atoms. The highest BCUT2D eigenvalue weighted by Gasteiger charge is 2.16. The van der Waals surface area contributed by atoms with Crippen LogP contribution in [0.4, 0.5) is 5.95 Å². The van der Waals surface area contributed by atoms with Gasteiger partial charge in [0.15, 0.2) is 5.65 Å². The van der Waals surface area contributed by atoms with E-state index in [1.807, 2.05) is 32.0 Å². The lowest BCUT2D eigenvalue weighted by Gasteiger charge is -2.13. The number of aryl methyl sites for hydroxylation is 2. The van der Waals surface area contributed by atoms with E-state index in [9.17, 15) is 0 Å². The van der Waals surface area contributed by atoms with Crippen LogP contribution in [0.3, 0.4) is 0 Å². The van der Waals surface area contributed by atoms with E-state index in [4.69, 9.17) is 22.1 Å². The summed E-state index contributed by atoms with van der Waals surface area (Å²) in [6.07, 6.45) is 0. The van der Waals surface area contributed by atoms with Crippen LogP contribution in [0.15, 0.2) is 24.3 Å². The minimum absolute atomic E-state index is 0.364. The molecule has 0 saturated heterocycles. The molecule has 1 aromatic carbocycles. The predicted molar refractivity (Wildman–Crippen MR) is 84.3 cm³/mol. The summed E-state index contributed by atoms with van der Waals surface area (Å²) >= 11 is 6.16. The maximum atomic E-state index is 6.16. The molecule has 3 rings (SSSR count). The third-order valence-corrected chi connectivity index (χ3v) is 3.78. The van der Waals surface area contributed by atoms with Gasteiger partial charge in [-0.05, 0) is 37.6 Å². The Hall–Kier alpha value is -2.27. The number of methoxy groups -OCH3 is 1. The maximum Gasteiger partial charge on any atom is 0.207 e. The second kappa shape index (κ2) is 4.93. The molecule has 0 spiro atoms. The summed E-state index contributed by atoms with van der Waals surface area (Å²) in [6, 6.07) is 7.50. The summed E-state index contributed by atoms with van der Waals surface area (Å²) in [4.78, 5) is 8.88. The Morgan fingerprint density at radius 3 is 2.67 bits per heavy atom. The van der Waals surface area contributed by atoms with E-state index in [2.05, 4.69) is 9.97 Å². The standard InChI is InChI=1S/C15H15ClN4O/c1-8-6-12(13(21-3)7-10(8)16)20-14-11(19-15(20)17)5-4-9(2)18-14/h4-7H,1-3H3,(H2,17,19). The fourth-order valence-electron chi connectivity index (χ4n) is 2.29. The smallest absolute Gasteiger partial charge is 0.207 e. The molecular weight excluding hydrogens is 288 g/mol. The van der Waals surface area contributed by atoms with Crippen LogP contribution < -0.4 is 10.5 Å². The van der Waals surface area contributed by atoms with E-state index < -0.39 is 0 Å². The number of fused-ring (bicyclic) bond motifs is 1. The summed E-state index contributed by atoms with van der Waals surface area (Å²) in [5.41, 5.74) is 10.1. The van der Waals surface area contributed by atoms with Crippen molar-refractivity contribution < 1.29 is 4.74 Å².